The van der Waals surface area contributed by atoms with Crippen LogP contribution in [0.2, 0.25) is 0 Å². The molecule has 0 fully saturated rings. The highest BCUT2D eigenvalue weighted by molar-refractivity contribution is 6.21. The van der Waals surface area contributed by atoms with Crippen LogP contribution in [0.5, 0.6) is 5.75 Å². The van der Waals surface area contributed by atoms with Gasteiger partial charge in [0, 0.05) is 6.54 Å². The van der Waals surface area contributed by atoms with E-state index >= 15 is 0 Å². The SMILES string of the molecule is CC(C)(C)CC(Cl)CNC(=O)c1cc(F)ccc1O. The standard InChI is InChI=1S/C14H19ClFNO2/c1-14(2,3)7-9(15)8-17-13(19)11-6-10(16)4-5-12(11)18/h4-6,9,18H,7-8H2,1-3H3,(H,17,19). The summed E-state index contributed by atoms with van der Waals surface area (Å²) >= 11 is 6.12. The van der Waals surface area contributed by atoms with Crippen LogP contribution in [0.3, 0.4) is 0 Å². The molecule has 0 spiro atoms. The monoisotopic (exact) mass is 287 g/mol. The number of rotatable bonds is 4. The van der Waals surface area contributed by atoms with Crippen molar-refractivity contribution in [3.05, 3.63) is 29.6 Å². The van der Waals surface area contributed by atoms with Crippen LogP contribution in [0.4, 0.5) is 4.39 Å². The van der Waals surface area contributed by atoms with Crippen molar-refractivity contribution < 1.29 is 14.3 Å². The Balaban J connectivity index is 2.58. The molecule has 106 valence electrons. The van der Waals surface area contributed by atoms with E-state index in [2.05, 4.69) is 26.1 Å². The van der Waals surface area contributed by atoms with E-state index in [0.717, 1.165) is 24.6 Å². The number of amides is 1. The molecule has 1 aromatic carbocycles. The quantitative estimate of drug-likeness (QED) is 0.835. The van der Waals surface area contributed by atoms with Gasteiger partial charge in [0.25, 0.3) is 5.91 Å². The van der Waals surface area contributed by atoms with Crippen molar-refractivity contribution >= 4 is 17.5 Å². The van der Waals surface area contributed by atoms with Gasteiger partial charge in [-0.05, 0) is 30.0 Å². The summed E-state index contributed by atoms with van der Waals surface area (Å²) < 4.78 is 13.0. The second kappa shape index (κ2) is 6.24. The molecule has 0 aliphatic heterocycles. The molecule has 0 aliphatic carbocycles. The molecule has 0 radical (unpaired) electrons. The highest BCUT2D eigenvalue weighted by Crippen LogP contribution is 2.23. The third-order valence-electron chi connectivity index (χ3n) is 2.52. The van der Waals surface area contributed by atoms with Gasteiger partial charge in [-0.1, -0.05) is 20.8 Å². The molecule has 0 saturated carbocycles. The maximum Gasteiger partial charge on any atom is 0.255 e. The molecular weight excluding hydrogens is 269 g/mol. The Morgan fingerprint density at radius 1 is 1.47 bits per heavy atom. The first-order valence-corrected chi connectivity index (χ1v) is 6.53. The number of phenolic OH excluding ortho intramolecular Hbond substituents is 1. The average molecular weight is 288 g/mol. The van der Waals surface area contributed by atoms with E-state index in [1.807, 2.05) is 0 Å². The molecule has 0 saturated heterocycles. The van der Waals surface area contributed by atoms with Gasteiger partial charge in [-0.25, -0.2) is 4.39 Å². The van der Waals surface area contributed by atoms with Gasteiger partial charge in [0.2, 0.25) is 0 Å². The van der Waals surface area contributed by atoms with E-state index in [9.17, 15) is 14.3 Å². The van der Waals surface area contributed by atoms with Crippen LogP contribution in [0.25, 0.3) is 0 Å². The lowest BCUT2D eigenvalue weighted by Crippen LogP contribution is -2.31. The number of halogens is 2. The van der Waals surface area contributed by atoms with Crippen LogP contribution < -0.4 is 5.32 Å². The molecule has 1 atom stereocenters. The normalized spacial score (nSPS) is 13.1. The maximum absolute atomic E-state index is 13.0. The number of benzene rings is 1. The summed E-state index contributed by atoms with van der Waals surface area (Å²) in [6.07, 6.45) is 0.740. The minimum atomic E-state index is -0.569. The lowest BCUT2D eigenvalue weighted by molar-refractivity contribution is 0.0949. The third-order valence-corrected chi connectivity index (χ3v) is 2.83. The Kier molecular flexibility index (Phi) is 5.18. The number of aromatic hydroxyl groups is 1. The Labute approximate surface area is 117 Å². The predicted molar refractivity (Wildman–Crippen MR) is 74.1 cm³/mol. The van der Waals surface area contributed by atoms with Gasteiger partial charge in [-0.15, -0.1) is 11.6 Å². The van der Waals surface area contributed by atoms with Gasteiger partial charge >= 0.3 is 0 Å². The third kappa shape index (κ3) is 5.47. The zero-order valence-corrected chi connectivity index (χ0v) is 12.1. The Hall–Kier alpha value is -1.29. The fraction of sp³-hybridized carbons (Fsp3) is 0.500. The van der Waals surface area contributed by atoms with Crippen molar-refractivity contribution in [3.63, 3.8) is 0 Å². The van der Waals surface area contributed by atoms with Gasteiger partial charge < -0.3 is 10.4 Å². The second-order valence-electron chi connectivity index (χ2n) is 5.73. The van der Waals surface area contributed by atoms with Crippen molar-refractivity contribution in [1.82, 2.24) is 5.32 Å². The van der Waals surface area contributed by atoms with Crippen molar-refractivity contribution in [2.75, 3.05) is 6.54 Å². The zero-order chi connectivity index (χ0) is 14.6. The summed E-state index contributed by atoms with van der Waals surface area (Å²) in [5.74, 6) is -1.35. The summed E-state index contributed by atoms with van der Waals surface area (Å²) in [4.78, 5) is 11.8. The summed E-state index contributed by atoms with van der Waals surface area (Å²) in [6.45, 7) is 6.45. The molecule has 1 amide bonds. The van der Waals surface area contributed by atoms with Crippen molar-refractivity contribution in [1.29, 1.82) is 0 Å². The van der Waals surface area contributed by atoms with Gasteiger partial charge in [-0.3, -0.25) is 4.79 Å². The first kappa shape index (κ1) is 15.8. The number of hydrogen-bond acceptors (Lipinski definition) is 2. The second-order valence-corrected chi connectivity index (χ2v) is 6.35. The topological polar surface area (TPSA) is 49.3 Å². The number of carbonyl (C=O) groups excluding carboxylic acids is 1. The molecule has 0 bridgehead atoms. The number of hydrogen-bond donors (Lipinski definition) is 2. The molecule has 5 heteroatoms. The molecule has 0 aliphatic rings. The molecule has 0 aromatic heterocycles. The maximum atomic E-state index is 13.0. The predicted octanol–water partition coefficient (Wildman–Crippen LogP) is 3.30. The summed E-state index contributed by atoms with van der Waals surface area (Å²) in [5, 5.41) is 11.9. The van der Waals surface area contributed by atoms with E-state index in [1.165, 1.54) is 0 Å². The van der Waals surface area contributed by atoms with Gasteiger partial charge in [0.15, 0.2) is 0 Å². The molecule has 3 nitrogen and oxygen atoms in total. The van der Waals surface area contributed by atoms with E-state index in [4.69, 9.17) is 11.6 Å². The number of nitrogens with one attached hydrogen (secondary N) is 1. The molecule has 1 aromatic rings. The van der Waals surface area contributed by atoms with Crippen molar-refractivity contribution in [3.8, 4) is 5.75 Å². The molecular formula is C14H19ClFNO2. The van der Waals surface area contributed by atoms with Crippen LogP contribution in [-0.4, -0.2) is 22.9 Å². The molecule has 0 heterocycles. The van der Waals surface area contributed by atoms with Crippen LogP contribution >= 0.6 is 11.6 Å². The molecule has 1 unspecified atom stereocenters. The first-order chi connectivity index (χ1) is 8.69. The van der Waals surface area contributed by atoms with E-state index in [1.54, 1.807) is 0 Å². The summed E-state index contributed by atoms with van der Waals surface area (Å²) in [7, 11) is 0. The molecule has 19 heavy (non-hydrogen) atoms. The van der Waals surface area contributed by atoms with Crippen molar-refractivity contribution in [2.45, 2.75) is 32.6 Å². The fourth-order valence-electron chi connectivity index (χ4n) is 1.73. The minimum Gasteiger partial charge on any atom is -0.507 e. The smallest absolute Gasteiger partial charge is 0.255 e. The van der Waals surface area contributed by atoms with Crippen LogP contribution in [0, 0.1) is 11.2 Å². The number of phenols is 1. The van der Waals surface area contributed by atoms with E-state index in [-0.39, 0.29) is 28.6 Å². The Morgan fingerprint density at radius 3 is 2.68 bits per heavy atom. The Morgan fingerprint density at radius 2 is 2.11 bits per heavy atom. The largest absolute Gasteiger partial charge is 0.507 e. The van der Waals surface area contributed by atoms with Crippen LogP contribution in [-0.2, 0) is 0 Å². The summed E-state index contributed by atoms with van der Waals surface area (Å²) in [5.41, 5.74) is -0.0161. The van der Waals surface area contributed by atoms with E-state index < -0.39 is 11.7 Å². The van der Waals surface area contributed by atoms with Gasteiger partial charge in [0.1, 0.15) is 11.6 Å². The van der Waals surface area contributed by atoms with E-state index in [0.29, 0.717) is 0 Å². The van der Waals surface area contributed by atoms with Gasteiger partial charge in [0.05, 0.1) is 10.9 Å². The molecule has 1 rings (SSSR count). The highest BCUT2D eigenvalue weighted by atomic mass is 35.5. The molecule has 2 N–H and O–H groups in total. The lowest BCUT2D eigenvalue weighted by Gasteiger charge is -2.22. The fourth-order valence-corrected chi connectivity index (χ4v) is 2.27. The number of alkyl halides is 1. The minimum absolute atomic E-state index is 0.0676. The van der Waals surface area contributed by atoms with Gasteiger partial charge in [-0.2, -0.15) is 0 Å². The highest BCUT2D eigenvalue weighted by Gasteiger charge is 2.18. The van der Waals surface area contributed by atoms with Crippen LogP contribution in [0.1, 0.15) is 37.6 Å². The van der Waals surface area contributed by atoms with Crippen molar-refractivity contribution in [2.24, 2.45) is 5.41 Å². The Bertz CT molecular complexity index is 457. The summed E-state index contributed by atoms with van der Waals surface area (Å²) in [6, 6.07) is 3.24. The zero-order valence-electron chi connectivity index (χ0n) is 11.3. The lowest BCUT2D eigenvalue weighted by atomic mass is 9.90. The van der Waals surface area contributed by atoms with Crippen LogP contribution in [0.15, 0.2) is 18.2 Å². The first-order valence-electron chi connectivity index (χ1n) is 6.10. The number of carbonyl (C=O) groups is 1. The average Bonchev–Trinajstić information content (AvgIpc) is 2.27.